The Morgan fingerprint density at radius 3 is 2.70 bits per heavy atom. The molecule has 1 N–H and O–H groups in total. The van der Waals surface area contributed by atoms with Crippen LogP contribution in [0, 0.1) is 5.92 Å². The van der Waals surface area contributed by atoms with Crippen LogP contribution in [-0.2, 0) is 0 Å². The van der Waals surface area contributed by atoms with E-state index < -0.39 is 0 Å². The molecule has 1 atom stereocenters. The van der Waals surface area contributed by atoms with Crippen molar-refractivity contribution in [3.63, 3.8) is 0 Å². The summed E-state index contributed by atoms with van der Waals surface area (Å²) < 4.78 is 5.58. The Kier molecular flexibility index (Phi) is 5.30. The van der Waals surface area contributed by atoms with Crippen molar-refractivity contribution in [3.05, 3.63) is 23.8 Å². The Balaban J connectivity index is 2.24. The van der Waals surface area contributed by atoms with Crippen molar-refractivity contribution in [2.45, 2.75) is 39.2 Å². The fourth-order valence-corrected chi connectivity index (χ4v) is 3.05. The van der Waals surface area contributed by atoms with E-state index in [0.29, 0.717) is 6.04 Å². The highest BCUT2D eigenvalue weighted by atomic mass is 16.5. The topological polar surface area (TPSA) is 24.5 Å². The van der Waals surface area contributed by atoms with Crippen molar-refractivity contribution in [1.29, 1.82) is 0 Å². The van der Waals surface area contributed by atoms with Crippen LogP contribution in [0.15, 0.2) is 18.2 Å². The van der Waals surface area contributed by atoms with E-state index in [1.165, 1.54) is 30.5 Å². The minimum atomic E-state index is 0.301. The van der Waals surface area contributed by atoms with E-state index in [0.717, 1.165) is 24.8 Å². The van der Waals surface area contributed by atoms with Gasteiger partial charge >= 0.3 is 0 Å². The van der Waals surface area contributed by atoms with E-state index >= 15 is 0 Å². The molecule has 1 aliphatic rings. The lowest BCUT2D eigenvalue weighted by Gasteiger charge is -2.33. The summed E-state index contributed by atoms with van der Waals surface area (Å²) in [6, 6.07) is 6.66. The number of hydrogen-bond acceptors (Lipinski definition) is 3. The van der Waals surface area contributed by atoms with Crippen molar-refractivity contribution in [2.24, 2.45) is 5.92 Å². The van der Waals surface area contributed by atoms with Crippen LogP contribution in [0.1, 0.15) is 44.7 Å². The van der Waals surface area contributed by atoms with Crippen LogP contribution in [0.25, 0.3) is 0 Å². The molecule has 0 bridgehead atoms. The van der Waals surface area contributed by atoms with Crippen molar-refractivity contribution < 1.29 is 4.74 Å². The molecule has 2 rings (SSSR count). The average Bonchev–Trinajstić information content (AvgIpc) is 2.41. The number of rotatable bonds is 7. The lowest BCUT2D eigenvalue weighted by atomic mass is 9.85. The second kappa shape index (κ2) is 6.98. The molecule has 1 saturated carbocycles. The lowest BCUT2D eigenvalue weighted by Crippen LogP contribution is -2.31. The fourth-order valence-electron chi connectivity index (χ4n) is 3.05. The first-order chi connectivity index (χ1) is 9.67. The molecule has 1 fully saturated rings. The molecule has 0 amide bonds. The summed E-state index contributed by atoms with van der Waals surface area (Å²) in [6.45, 7) is 6.47. The summed E-state index contributed by atoms with van der Waals surface area (Å²) in [5.41, 5.74) is 2.57. The summed E-state index contributed by atoms with van der Waals surface area (Å²) in [5, 5.41) is 3.51. The molecule has 3 nitrogen and oxygen atoms in total. The predicted octanol–water partition coefficient (Wildman–Crippen LogP) is 3.60. The summed E-state index contributed by atoms with van der Waals surface area (Å²) >= 11 is 0. The van der Waals surface area contributed by atoms with Gasteiger partial charge in [0.15, 0.2) is 0 Å². The molecule has 0 saturated heterocycles. The maximum absolute atomic E-state index is 5.58. The van der Waals surface area contributed by atoms with Gasteiger partial charge in [-0.2, -0.15) is 0 Å². The summed E-state index contributed by atoms with van der Waals surface area (Å²) in [6.07, 6.45) is 4.16. The van der Waals surface area contributed by atoms with Crippen molar-refractivity contribution in [3.8, 4) is 5.75 Å². The van der Waals surface area contributed by atoms with Crippen molar-refractivity contribution >= 4 is 5.69 Å². The zero-order valence-electron chi connectivity index (χ0n) is 13.3. The fraction of sp³-hybridized carbons (Fsp3) is 0.647. The van der Waals surface area contributed by atoms with E-state index in [1.807, 2.05) is 0 Å². The van der Waals surface area contributed by atoms with Gasteiger partial charge in [0.05, 0.1) is 7.11 Å². The zero-order chi connectivity index (χ0) is 14.5. The molecule has 1 aliphatic carbocycles. The summed E-state index contributed by atoms with van der Waals surface area (Å²) in [4.78, 5) is 2.40. The largest absolute Gasteiger partial charge is 0.496 e. The van der Waals surface area contributed by atoms with Crippen LogP contribution in [0.2, 0.25) is 0 Å². The molecule has 1 aromatic carbocycles. The standard InChI is InChI=1S/C17H28N2O/c1-5-18-13(2)17-15(10-7-11-16(17)20-4)19(3)12-14-8-6-9-14/h7,10-11,13-14,18H,5-6,8-9,12H2,1-4H3. The van der Waals surface area contributed by atoms with Gasteiger partial charge in [0.1, 0.15) is 5.75 Å². The summed E-state index contributed by atoms with van der Waals surface area (Å²) in [5.74, 6) is 1.85. The lowest BCUT2D eigenvalue weighted by molar-refractivity contribution is 0.321. The van der Waals surface area contributed by atoms with Crippen LogP contribution in [0.3, 0.4) is 0 Å². The van der Waals surface area contributed by atoms with E-state index in [9.17, 15) is 0 Å². The van der Waals surface area contributed by atoms with E-state index in [4.69, 9.17) is 4.74 Å². The Labute approximate surface area is 123 Å². The second-order valence-electron chi connectivity index (χ2n) is 5.85. The molecule has 0 aromatic heterocycles. The molecule has 0 radical (unpaired) electrons. The third kappa shape index (κ3) is 3.26. The van der Waals surface area contributed by atoms with Crippen LogP contribution < -0.4 is 15.0 Å². The van der Waals surface area contributed by atoms with E-state index in [1.54, 1.807) is 7.11 Å². The minimum absolute atomic E-state index is 0.301. The van der Waals surface area contributed by atoms with E-state index in [-0.39, 0.29) is 0 Å². The van der Waals surface area contributed by atoms with Gasteiger partial charge in [-0.3, -0.25) is 0 Å². The van der Waals surface area contributed by atoms with Crippen LogP contribution in [0.5, 0.6) is 5.75 Å². The normalized spacial score (nSPS) is 16.6. The number of ether oxygens (including phenoxy) is 1. The second-order valence-corrected chi connectivity index (χ2v) is 5.85. The minimum Gasteiger partial charge on any atom is -0.496 e. The monoisotopic (exact) mass is 276 g/mol. The molecular weight excluding hydrogens is 248 g/mol. The number of nitrogens with zero attached hydrogens (tertiary/aromatic N) is 1. The Morgan fingerprint density at radius 1 is 1.40 bits per heavy atom. The maximum atomic E-state index is 5.58. The van der Waals surface area contributed by atoms with Crippen molar-refractivity contribution in [2.75, 3.05) is 32.1 Å². The third-order valence-corrected chi connectivity index (χ3v) is 4.37. The predicted molar refractivity (Wildman–Crippen MR) is 85.7 cm³/mol. The molecular formula is C17H28N2O. The molecule has 0 heterocycles. The molecule has 0 aliphatic heterocycles. The van der Waals surface area contributed by atoms with Crippen LogP contribution in [-0.4, -0.2) is 27.2 Å². The highest BCUT2D eigenvalue weighted by Gasteiger charge is 2.22. The smallest absolute Gasteiger partial charge is 0.125 e. The van der Waals surface area contributed by atoms with Gasteiger partial charge in [0, 0.05) is 30.9 Å². The first-order valence-electron chi connectivity index (χ1n) is 7.78. The molecule has 0 spiro atoms. The quantitative estimate of drug-likeness (QED) is 0.823. The van der Waals surface area contributed by atoms with Gasteiger partial charge in [-0.15, -0.1) is 0 Å². The molecule has 20 heavy (non-hydrogen) atoms. The van der Waals surface area contributed by atoms with Gasteiger partial charge in [0.2, 0.25) is 0 Å². The number of methoxy groups -OCH3 is 1. The van der Waals surface area contributed by atoms with Crippen molar-refractivity contribution in [1.82, 2.24) is 5.32 Å². The number of hydrogen-bond donors (Lipinski definition) is 1. The SMILES string of the molecule is CCNC(C)c1c(OC)cccc1N(C)CC1CCC1. The maximum Gasteiger partial charge on any atom is 0.125 e. The van der Waals surface area contributed by atoms with Crippen LogP contribution in [0.4, 0.5) is 5.69 Å². The third-order valence-electron chi connectivity index (χ3n) is 4.37. The molecule has 112 valence electrons. The molecule has 1 aromatic rings. The van der Waals surface area contributed by atoms with Gasteiger partial charge in [-0.1, -0.05) is 19.4 Å². The molecule has 3 heteroatoms. The van der Waals surface area contributed by atoms with Gasteiger partial charge in [-0.25, -0.2) is 0 Å². The van der Waals surface area contributed by atoms with Gasteiger partial charge in [-0.05, 0) is 44.4 Å². The Bertz CT molecular complexity index is 429. The summed E-state index contributed by atoms with van der Waals surface area (Å²) in [7, 11) is 3.96. The Morgan fingerprint density at radius 2 is 2.15 bits per heavy atom. The highest BCUT2D eigenvalue weighted by molar-refractivity contribution is 5.60. The molecule has 1 unspecified atom stereocenters. The van der Waals surface area contributed by atoms with Gasteiger partial charge < -0.3 is 15.0 Å². The first kappa shape index (κ1) is 15.2. The number of nitrogens with one attached hydrogen (secondary N) is 1. The number of anilines is 1. The Hall–Kier alpha value is -1.22. The first-order valence-corrected chi connectivity index (χ1v) is 7.78. The van der Waals surface area contributed by atoms with Crippen LogP contribution >= 0.6 is 0 Å². The van der Waals surface area contributed by atoms with Gasteiger partial charge in [0.25, 0.3) is 0 Å². The zero-order valence-corrected chi connectivity index (χ0v) is 13.3. The highest BCUT2D eigenvalue weighted by Crippen LogP contribution is 2.36. The number of benzene rings is 1. The van der Waals surface area contributed by atoms with E-state index in [2.05, 4.69) is 49.3 Å². The average molecular weight is 276 g/mol.